The summed E-state index contributed by atoms with van der Waals surface area (Å²) in [6, 6.07) is 0. The molecule has 1 rings (SSSR count). The molecule has 1 fully saturated rings. The van der Waals surface area contributed by atoms with E-state index in [1.54, 1.807) is 0 Å². The van der Waals surface area contributed by atoms with Gasteiger partial charge in [0.2, 0.25) is 7.07 Å². The summed E-state index contributed by atoms with van der Waals surface area (Å²) < 4.78 is 11.2. The zero-order chi connectivity index (χ0) is 9.95. The van der Waals surface area contributed by atoms with Crippen molar-refractivity contribution < 1.29 is 9.05 Å². The van der Waals surface area contributed by atoms with E-state index in [1.807, 2.05) is 0 Å². The number of rotatable bonds is 3. The van der Waals surface area contributed by atoms with Gasteiger partial charge in [-0.25, -0.2) is 9.05 Å². The minimum absolute atomic E-state index is 0.107. The summed E-state index contributed by atoms with van der Waals surface area (Å²) in [5.41, 5.74) is 0.107. The van der Waals surface area contributed by atoms with Gasteiger partial charge < -0.3 is 12.2 Å². The van der Waals surface area contributed by atoms with Gasteiger partial charge in [-0.3, -0.25) is 0 Å². The van der Waals surface area contributed by atoms with Crippen LogP contribution in [-0.4, -0.2) is 19.8 Å². The minimum atomic E-state index is -2.13. The van der Waals surface area contributed by atoms with Crippen LogP contribution in [0.15, 0.2) is 0 Å². The molecule has 5 heteroatoms. The second-order valence-corrected chi connectivity index (χ2v) is 7.39. The topological polar surface area (TPSA) is 30.5 Å². The molecule has 0 amide bonds. The first-order valence-corrected chi connectivity index (χ1v) is 7.25. The molecule has 0 spiro atoms. The summed E-state index contributed by atoms with van der Waals surface area (Å²) >= 11 is 5.28. The first-order valence-electron chi connectivity index (χ1n) is 4.62. The van der Waals surface area contributed by atoms with Gasteiger partial charge in [0.05, 0.1) is 0 Å². The molecule has 1 heterocycles. The van der Waals surface area contributed by atoms with Crippen LogP contribution in [0.5, 0.6) is 0 Å². The van der Waals surface area contributed by atoms with E-state index in [-0.39, 0.29) is 5.41 Å². The molecule has 0 aromatic rings. The largest absolute Gasteiger partial charge is 0.472 e. The van der Waals surface area contributed by atoms with E-state index in [0.29, 0.717) is 13.2 Å². The van der Waals surface area contributed by atoms with E-state index in [0.717, 1.165) is 13.0 Å². The molecule has 1 saturated heterocycles. The summed E-state index contributed by atoms with van der Waals surface area (Å²) in [5.74, 6) is 0. The number of hydrogen-bond donors (Lipinski definition) is 1. The third-order valence-corrected chi connectivity index (χ3v) is 4.37. The Morgan fingerprint density at radius 2 is 1.92 bits per heavy atom. The van der Waals surface area contributed by atoms with E-state index >= 15 is 0 Å². The van der Waals surface area contributed by atoms with Crippen molar-refractivity contribution in [3.8, 4) is 0 Å². The molecule has 0 radical (unpaired) electrons. The molecule has 1 aliphatic heterocycles. The van der Waals surface area contributed by atoms with Gasteiger partial charge in [0.1, 0.15) is 13.2 Å². The third kappa shape index (κ3) is 3.72. The average Bonchev–Trinajstić information content (AvgIpc) is 2.08. The zero-order valence-corrected chi connectivity index (χ0v) is 10.2. The Bertz CT molecular complexity index is 168. The monoisotopic (exact) mass is 223 g/mol. The maximum Gasteiger partial charge on any atom is 0.228 e. The maximum absolute atomic E-state index is 5.58. The molecule has 0 aromatic heterocycles. The molecule has 1 aliphatic rings. The Kier molecular flexibility index (Phi) is 4.02. The summed E-state index contributed by atoms with van der Waals surface area (Å²) in [7, 11) is -2.13. The van der Waals surface area contributed by atoms with E-state index in [2.05, 4.69) is 25.9 Å². The van der Waals surface area contributed by atoms with Crippen LogP contribution in [0.2, 0.25) is 0 Å². The quantitative estimate of drug-likeness (QED) is 0.587. The number of hydrogen-bond acceptors (Lipinski definition) is 4. The van der Waals surface area contributed by atoms with Gasteiger partial charge in [-0.2, -0.15) is 5.09 Å². The summed E-state index contributed by atoms with van der Waals surface area (Å²) in [6.45, 7) is 8.60. The lowest BCUT2D eigenvalue weighted by Gasteiger charge is -2.38. The van der Waals surface area contributed by atoms with Gasteiger partial charge in [-0.15, -0.1) is 0 Å². The van der Waals surface area contributed by atoms with Crippen molar-refractivity contribution in [2.24, 2.45) is 5.41 Å². The van der Waals surface area contributed by atoms with E-state index < -0.39 is 7.07 Å². The van der Waals surface area contributed by atoms with Crippen molar-refractivity contribution >= 4 is 19.3 Å². The van der Waals surface area contributed by atoms with Crippen molar-refractivity contribution in [1.82, 2.24) is 5.09 Å². The second-order valence-electron chi connectivity index (χ2n) is 4.12. The molecule has 0 atom stereocenters. The van der Waals surface area contributed by atoms with Gasteiger partial charge in [0.15, 0.2) is 0 Å². The predicted octanol–water partition coefficient (Wildman–Crippen LogP) is 2.28. The molecule has 0 aromatic carbocycles. The maximum atomic E-state index is 5.58. The van der Waals surface area contributed by atoms with Crippen molar-refractivity contribution in [3.63, 3.8) is 0 Å². The van der Waals surface area contributed by atoms with Crippen molar-refractivity contribution in [2.45, 2.75) is 27.2 Å². The second kappa shape index (κ2) is 4.45. The summed E-state index contributed by atoms with van der Waals surface area (Å²) in [4.78, 5) is 0. The van der Waals surface area contributed by atoms with E-state index in [4.69, 9.17) is 21.3 Å². The smallest absolute Gasteiger partial charge is 0.228 e. The van der Waals surface area contributed by atoms with E-state index in [9.17, 15) is 0 Å². The first-order chi connectivity index (χ1) is 5.97. The Morgan fingerprint density at radius 1 is 1.38 bits per heavy atom. The van der Waals surface area contributed by atoms with E-state index in [1.165, 1.54) is 0 Å². The normalized spacial score (nSPS) is 25.8. The highest BCUT2D eigenvalue weighted by Crippen LogP contribution is 2.58. The molecule has 1 N–H and O–H groups in total. The minimum Gasteiger partial charge on any atom is -0.472 e. The Balaban J connectivity index is 2.37. The SMILES string of the molecule is CCCN[P+]1([S-])OCC(C)(C)CO1. The predicted molar refractivity (Wildman–Crippen MR) is 58.3 cm³/mol. The fourth-order valence-corrected chi connectivity index (χ4v) is 3.32. The van der Waals surface area contributed by atoms with Crippen molar-refractivity contribution in [3.05, 3.63) is 0 Å². The van der Waals surface area contributed by atoms with Crippen LogP contribution in [-0.2, 0) is 21.3 Å². The van der Waals surface area contributed by atoms with Gasteiger partial charge in [0, 0.05) is 12.0 Å². The first kappa shape index (κ1) is 11.7. The van der Waals surface area contributed by atoms with Crippen molar-refractivity contribution in [1.29, 1.82) is 0 Å². The van der Waals surface area contributed by atoms with Crippen LogP contribution in [0, 0.1) is 5.41 Å². The molecule has 13 heavy (non-hydrogen) atoms. The van der Waals surface area contributed by atoms with Gasteiger partial charge in [-0.05, 0) is 6.42 Å². The zero-order valence-electron chi connectivity index (χ0n) is 8.50. The Labute approximate surface area is 86.3 Å². The summed E-state index contributed by atoms with van der Waals surface area (Å²) in [5, 5.41) is 3.17. The molecular formula is C8H18NO2PS. The lowest BCUT2D eigenvalue weighted by Crippen LogP contribution is -2.35. The molecule has 0 aliphatic carbocycles. The van der Waals surface area contributed by atoms with Crippen LogP contribution in [0.1, 0.15) is 27.2 Å². The highest BCUT2D eigenvalue weighted by molar-refractivity contribution is 8.37. The highest BCUT2D eigenvalue weighted by Gasteiger charge is 2.38. The fourth-order valence-electron chi connectivity index (χ4n) is 0.938. The van der Waals surface area contributed by atoms with Gasteiger partial charge in [0.25, 0.3) is 0 Å². The Morgan fingerprint density at radius 3 is 2.38 bits per heavy atom. The average molecular weight is 223 g/mol. The van der Waals surface area contributed by atoms with Gasteiger partial charge >= 0.3 is 0 Å². The van der Waals surface area contributed by atoms with Crippen LogP contribution in [0.3, 0.4) is 0 Å². The highest BCUT2D eigenvalue weighted by atomic mass is 32.7. The molecule has 0 bridgehead atoms. The summed E-state index contributed by atoms with van der Waals surface area (Å²) in [6.07, 6.45) is 1.05. The van der Waals surface area contributed by atoms with Crippen LogP contribution in [0.4, 0.5) is 0 Å². The lowest BCUT2D eigenvalue weighted by molar-refractivity contribution is 0.0550. The lowest BCUT2D eigenvalue weighted by atomic mass is 9.97. The fraction of sp³-hybridized carbons (Fsp3) is 1.00. The van der Waals surface area contributed by atoms with Crippen LogP contribution >= 0.6 is 7.07 Å². The Hall–Kier alpha value is 0.660. The molecule has 0 unspecified atom stereocenters. The van der Waals surface area contributed by atoms with Crippen LogP contribution in [0.25, 0.3) is 0 Å². The number of nitrogens with one attached hydrogen (secondary N) is 1. The van der Waals surface area contributed by atoms with Gasteiger partial charge in [-0.1, -0.05) is 20.8 Å². The molecular weight excluding hydrogens is 205 g/mol. The van der Waals surface area contributed by atoms with Crippen molar-refractivity contribution in [2.75, 3.05) is 19.8 Å². The molecule has 78 valence electrons. The molecule has 0 saturated carbocycles. The standard InChI is InChI=1S/C8H18NO2PS/c1-4-5-9-12(13)10-6-8(2,3)7-11-12/h4-7H2,1-3H3,(H,9,13). The molecule has 3 nitrogen and oxygen atoms in total. The van der Waals surface area contributed by atoms with Crippen LogP contribution < -0.4 is 5.09 Å². The third-order valence-electron chi connectivity index (χ3n) is 1.81.